The van der Waals surface area contributed by atoms with Gasteiger partial charge in [-0.15, -0.1) is 0 Å². The van der Waals surface area contributed by atoms with Crippen LogP contribution >= 0.6 is 21.6 Å². The summed E-state index contributed by atoms with van der Waals surface area (Å²) in [6, 6.07) is 3.77. The predicted octanol–water partition coefficient (Wildman–Crippen LogP) is 2.76. The summed E-state index contributed by atoms with van der Waals surface area (Å²) in [6.45, 7) is 0. The van der Waals surface area contributed by atoms with E-state index in [0.29, 0.717) is 5.92 Å². The third-order valence-electron chi connectivity index (χ3n) is 2.63. The first-order chi connectivity index (χ1) is 7.76. The van der Waals surface area contributed by atoms with Crippen LogP contribution in [0, 0.1) is 0 Å². The first kappa shape index (κ1) is 11.8. The first-order valence-electron chi connectivity index (χ1n) is 5.02. The Balaban J connectivity index is 2.41. The second-order valence-corrected chi connectivity index (χ2v) is 6.15. The molecule has 1 fully saturated rings. The Kier molecular flexibility index (Phi) is 3.76. The van der Waals surface area contributed by atoms with Gasteiger partial charge in [0.05, 0.1) is 14.2 Å². The minimum Gasteiger partial charge on any atom is -0.497 e. The van der Waals surface area contributed by atoms with Gasteiger partial charge >= 0.3 is 0 Å². The minimum absolute atomic E-state index is 0.482. The van der Waals surface area contributed by atoms with Gasteiger partial charge in [0.2, 0.25) is 0 Å². The highest BCUT2D eigenvalue weighted by atomic mass is 33.1. The Bertz CT molecular complexity index is 378. The van der Waals surface area contributed by atoms with Crippen molar-refractivity contribution in [2.75, 3.05) is 31.5 Å². The van der Waals surface area contributed by atoms with Gasteiger partial charge in [0.1, 0.15) is 11.5 Å². The molecule has 0 atom stereocenters. The molecule has 1 heterocycles. The highest BCUT2D eigenvalue weighted by molar-refractivity contribution is 8.77. The Morgan fingerprint density at radius 3 is 2.44 bits per heavy atom. The molecule has 1 aromatic carbocycles. The van der Waals surface area contributed by atoms with E-state index < -0.39 is 0 Å². The van der Waals surface area contributed by atoms with Crippen molar-refractivity contribution in [2.45, 2.75) is 5.92 Å². The molecule has 1 aliphatic heterocycles. The van der Waals surface area contributed by atoms with Gasteiger partial charge in [-0.1, -0.05) is 21.6 Å². The smallest absolute Gasteiger partial charge is 0.128 e. The summed E-state index contributed by atoms with van der Waals surface area (Å²) in [4.78, 5) is 0. The third-order valence-corrected chi connectivity index (χ3v) is 5.19. The molecule has 0 saturated carbocycles. The van der Waals surface area contributed by atoms with Gasteiger partial charge in [-0.25, -0.2) is 0 Å². The zero-order valence-electron chi connectivity index (χ0n) is 9.36. The average Bonchev–Trinajstić information content (AvgIpc) is 2.81. The fraction of sp³-hybridized carbons (Fsp3) is 0.455. The zero-order valence-corrected chi connectivity index (χ0v) is 11.0. The Morgan fingerprint density at radius 2 is 1.88 bits per heavy atom. The number of hydrogen-bond acceptors (Lipinski definition) is 5. The van der Waals surface area contributed by atoms with E-state index in [-0.39, 0.29) is 0 Å². The summed E-state index contributed by atoms with van der Waals surface area (Å²) in [7, 11) is 7.09. The summed E-state index contributed by atoms with van der Waals surface area (Å²) in [5, 5.41) is 0. The predicted molar refractivity (Wildman–Crippen MR) is 71.6 cm³/mol. The molecule has 0 bridgehead atoms. The summed E-state index contributed by atoms with van der Waals surface area (Å²) in [5.41, 5.74) is 7.97. The number of hydrogen-bond donors (Lipinski definition) is 1. The van der Waals surface area contributed by atoms with Crippen molar-refractivity contribution < 1.29 is 9.47 Å². The molecule has 0 aromatic heterocycles. The number of methoxy groups -OCH3 is 2. The molecule has 0 radical (unpaired) electrons. The van der Waals surface area contributed by atoms with E-state index in [1.54, 1.807) is 14.2 Å². The lowest BCUT2D eigenvalue weighted by molar-refractivity contribution is 0.390. The molecule has 0 amide bonds. The van der Waals surface area contributed by atoms with E-state index in [1.165, 1.54) is 0 Å². The number of benzene rings is 1. The minimum atomic E-state index is 0.482. The first-order valence-corrected chi connectivity index (χ1v) is 7.51. The van der Waals surface area contributed by atoms with Gasteiger partial charge in [0, 0.05) is 40.8 Å². The fourth-order valence-corrected chi connectivity index (χ4v) is 4.62. The lowest BCUT2D eigenvalue weighted by atomic mass is 9.99. The van der Waals surface area contributed by atoms with Gasteiger partial charge in [-0.3, -0.25) is 0 Å². The molecule has 0 unspecified atom stereocenters. The van der Waals surface area contributed by atoms with Crippen LogP contribution in [0.4, 0.5) is 5.69 Å². The van der Waals surface area contributed by atoms with Crippen LogP contribution in [-0.4, -0.2) is 25.7 Å². The molecule has 0 spiro atoms. The van der Waals surface area contributed by atoms with Gasteiger partial charge in [-0.05, 0) is 0 Å². The maximum absolute atomic E-state index is 6.07. The largest absolute Gasteiger partial charge is 0.497 e. The molecule has 0 aliphatic carbocycles. The number of nitrogens with two attached hydrogens (primary N) is 1. The van der Waals surface area contributed by atoms with E-state index in [4.69, 9.17) is 15.2 Å². The molecule has 1 aliphatic rings. The van der Waals surface area contributed by atoms with Gasteiger partial charge in [0.25, 0.3) is 0 Å². The normalized spacial score (nSPS) is 16.4. The van der Waals surface area contributed by atoms with Gasteiger partial charge < -0.3 is 15.2 Å². The van der Waals surface area contributed by atoms with Crippen LogP contribution in [0.5, 0.6) is 11.5 Å². The molecule has 2 rings (SSSR count). The monoisotopic (exact) mass is 257 g/mol. The van der Waals surface area contributed by atoms with E-state index in [0.717, 1.165) is 34.3 Å². The van der Waals surface area contributed by atoms with Crippen LogP contribution in [0.1, 0.15) is 11.5 Å². The van der Waals surface area contributed by atoms with Gasteiger partial charge in [-0.2, -0.15) is 0 Å². The molecule has 88 valence electrons. The fourth-order valence-electron chi connectivity index (χ4n) is 1.82. The van der Waals surface area contributed by atoms with E-state index in [9.17, 15) is 0 Å². The summed E-state index contributed by atoms with van der Waals surface area (Å²) in [5.74, 6) is 4.26. The highest BCUT2D eigenvalue weighted by Gasteiger charge is 2.24. The molecule has 1 aromatic rings. The van der Waals surface area contributed by atoms with Crippen LogP contribution in [-0.2, 0) is 0 Å². The van der Waals surface area contributed by atoms with Crippen LogP contribution < -0.4 is 15.2 Å². The van der Waals surface area contributed by atoms with Crippen LogP contribution in [0.3, 0.4) is 0 Å². The number of ether oxygens (including phenoxy) is 2. The van der Waals surface area contributed by atoms with Crippen molar-refractivity contribution in [3.05, 3.63) is 17.7 Å². The number of nitrogen functional groups attached to an aromatic ring is 1. The van der Waals surface area contributed by atoms with Crippen molar-refractivity contribution in [1.29, 1.82) is 0 Å². The molecule has 1 saturated heterocycles. The lowest BCUT2D eigenvalue weighted by Crippen LogP contribution is -2.07. The van der Waals surface area contributed by atoms with Crippen molar-refractivity contribution >= 4 is 27.3 Å². The summed E-state index contributed by atoms with van der Waals surface area (Å²) < 4.78 is 10.6. The Morgan fingerprint density at radius 1 is 1.19 bits per heavy atom. The Labute approximate surface area is 103 Å². The second kappa shape index (κ2) is 5.10. The van der Waals surface area contributed by atoms with E-state index >= 15 is 0 Å². The lowest BCUT2D eigenvalue weighted by Gasteiger charge is -2.17. The van der Waals surface area contributed by atoms with Crippen LogP contribution in [0.15, 0.2) is 12.1 Å². The molecular formula is C11H15NO2S2. The highest BCUT2D eigenvalue weighted by Crippen LogP contribution is 2.46. The molecule has 3 nitrogen and oxygen atoms in total. The van der Waals surface area contributed by atoms with Crippen LogP contribution in [0.25, 0.3) is 0 Å². The van der Waals surface area contributed by atoms with E-state index in [2.05, 4.69) is 0 Å². The summed E-state index contributed by atoms with van der Waals surface area (Å²) >= 11 is 0. The molecule has 5 heteroatoms. The SMILES string of the molecule is COc1cc(N)c(C2CSSC2)c(OC)c1. The van der Waals surface area contributed by atoms with Crippen molar-refractivity contribution in [3.63, 3.8) is 0 Å². The number of rotatable bonds is 3. The third kappa shape index (κ3) is 2.20. The van der Waals surface area contributed by atoms with Gasteiger partial charge in [0.15, 0.2) is 0 Å². The second-order valence-electron chi connectivity index (χ2n) is 3.60. The maximum atomic E-state index is 6.07. The average molecular weight is 257 g/mol. The van der Waals surface area contributed by atoms with Crippen LogP contribution in [0.2, 0.25) is 0 Å². The summed E-state index contributed by atoms with van der Waals surface area (Å²) in [6.07, 6.45) is 0. The maximum Gasteiger partial charge on any atom is 0.128 e. The Hall–Kier alpha value is -0.680. The quantitative estimate of drug-likeness (QED) is 0.666. The zero-order chi connectivity index (χ0) is 11.5. The molecule has 16 heavy (non-hydrogen) atoms. The molecular weight excluding hydrogens is 242 g/mol. The molecule has 2 N–H and O–H groups in total. The topological polar surface area (TPSA) is 44.5 Å². The van der Waals surface area contributed by atoms with E-state index in [1.807, 2.05) is 33.7 Å². The van der Waals surface area contributed by atoms with Crippen molar-refractivity contribution in [3.8, 4) is 11.5 Å². The number of anilines is 1. The van der Waals surface area contributed by atoms with Crippen molar-refractivity contribution in [2.24, 2.45) is 0 Å². The standard InChI is InChI=1S/C11H15NO2S2/c1-13-8-3-9(12)11(10(4-8)14-2)7-5-15-16-6-7/h3-4,7H,5-6,12H2,1-2H3. The van der Waals surface area contributed by atoms with Crippen molar-refractivity contribution in [1.82, 2.24) is 0 Å².